The highest BCUT2D eigenvalue weighted by Gasteiger charge is 2.09. The number of carbonyl (C=O) groups excluding carboxylic acids is 1. The van der Waals surface area contributed by atoms with E-state index in [0.29, 0.717) is 5.71 Å². The second-order valence-corrected chi connectivity index (χ2v) is 5.07. The lowest BCUT2D eigenvalue weighted by Gasteiger charge is -2.02. The summed E-state index contributed by atoms with van der Waals surface area (Å²) in [5.41, 5.74) is 3.94. The number of hydrogen-bond acceptors (Lipinski definition) is 3. The highest BCUT2D eigenvalue weighted by atomic mass is 16.7. The van der Waals surface area contributed by atoms with Crippen molar-refractivity contribution in [2.75, 3.05) is 0 Å². The molecule has 0 spiro atoms. The molecule has 0 saturated heterocycles. The largest absolute Gasteiger partial charge is 0.344 e. The van der Waals surface area contributed by atoms with E-state index < -0.39 is 5.97 Å². The van der Waals surface area contributed by atoms with Gasteiger partial charge in [0.15, 0.2) is 0 Å². The first-order valence-corrected chi connectivity index (χ1v) is 6.77. The highest BCUT2D eigenvalue weighted by Crippen LogP contribution is 2.28. The van der Waals surface area contributed by atoms with Crippen molar-refractivity contribution in [3.8, 4) is 0 Å². The van der Waals surface area contributed by atoms with Gasteiger partial charge >= 0.3 is 5.97 Å². The van der Waals surface area contributed by atoms with E-state index in [4.69, 9.17) is 4.84 Å². The topological polar surface area (TPSA) is 43.6 Å². The molecule has 0 atom stereocenters. The highest BCUT2D eigenvalue weighted by molar-refractivity contribution is 6.10. The maximum absolute atomic E-state index is 10.8. The summed E-state index contributed by atoms with van der Waals surface area (Å²) in [6, 6.07) is 14.5. The minimum absolute atomic E-state index is 0.417. The van der Waals surface area contributed by atoms with Crippen LogP contribution in [0.1, 0.15) is 19.4 Å². The third-order valence-electron chi connectivity index (χ3n) is 3.64. The first-order chi connectivity index (χ1) is 10.1. The summed E-state index contributed by atoms with van der Waals surface area (Å²) in [5, 5.41) is 6.28. The van der Waals surface area contributed by atoms with E-state index in [0.717, 1.165) is 11.1 Å². The van der Waals surface area contributed by atoms with Gasteiger partial charge < -0.3 is 9.40 Å². The van der Waals surface area contributed by atoms with Gasteiger partial charge in [0.05, 0.1) is 5.71 Å². The molecule has 0 N–H and O–H groups in total. The average molecular weight is 280 g/mol. The number of aryl methyl sites for hydroxylation is 1. The summed E-state index contributed by atoms with van der Waals surface area (Å²) >= 11 is 0. The Bertz CT molecular complexity index is 875. The maximum atomic E-state index is 10.8. The van der Waals surface area contributed by atoms with Crippen LogP contribution in [0.5, 0.6) is 0 Å². The summed E-state index contributed by atoms with van der Waals surface area (Å²) in [6.45, 7) is 3.16. The van der Waals surface area contributed by atoms with Crippen LogP contribution in [0.2, 0.25) is 0 Å². The molecule has 4 nitrogen and oxygen atoms in total. The second-order valence-electron chi connectivity index (χ2n) is 5.07. The molecule has 0 aliphatic rings. The van der Waals surface area contributed by atoms with Gasteiger partial charge in [0.2, 0.25) is 0 Å². The van der Waals surface area contributed by atoms with Crippen molar-refractivity contribution in [1.29, 1.82) is 0 Å². The fourth-order valence-electron chi connectivity index (χ4n) is 2.57. The fraction of sp³-hybridized carbons (Fsp3) is 0.176. The van der Waals surface area contributed by atoms with Crippen molar-refractivity contribution in [3.05, 3.63) is 48.0 Å². The van der Waals surface area contributed by atoms with Gasteiger partial charge in [-0.1, -0.05) is 35.5 Å². The molecule has 0 unspecified atom stereocenters. The summed E-state index contributed by atoms with van der Waals surface area (Å²) in [5.74, 6) is -0.417. The van der Waals surface area contributed by atoms with Crippen LogP contribution in [0, 0.1) is 0 Å². The van der Waals surface area contributed by atoms with Crippen LogP contribution in [-0.4, -0.2) is 16.2 Å². The molecule has 0 amide bonds. The van der Waals surface area contributed by atoms with E-state index in [2.05, 4.69) is 34.0 Å². The molecule has 0 aliphatic heterocycles. The molecule has 1 aromatic heterocycles. The quantitative estimate of drug-likeness (QED) is 0.409. The SMILES string of the molecule is CC(=O)O/N=C(/C)c1ccc2c3ccccc3n(C)c2c1. The van der Waals surface area contributed by atoms with Gasteiger partial charge in [0.25, 0.3) is 0 Å². The Morgan fingerprint density at radius 2 is 1.76 bits per heavy atom. The first kappa shape index (κ1) is 13.4. The van der Waals surface area contributed by atoms with Crippen molar-refractivity contribution in [3.63, 3.8) is 0 Å². The number of nitrogens with zero attached hydrogens (tertiary/aromatic N) is 2. The van der Waals surface area contributed by atoms with Crippen LogP contribution >= 0.6 is 0 Å². The van der Waals surface area contributed by atoms with Crippen molar-refractivity contribution in [2.24, 2.45) is 12.2 Å². The number of rotatable bonds is 2. The molecular formula is C17H16N2O2. The normalized spacial score (nSPS) is 12.0. The van der Waals surface area contributed by atoms with E-state index in [-0.39, 0.29) is 0 Å². The minimum atomic E-state index is -0.417. The smallest absolute Gasteiger partial charge is 0.331 e. The molecule has 0 bridgehead atoms. The van der Waals surface area contributed by atoms with Crippen molar-refractivity contribution in [1.82, 2.24) is 4.57 Å². The van der Waals surface area contributed by atoms with Crippen molar-refractivity contribution < 1.29 is 9.63 Å². The third kappa shape index (κ3) is 2.29. The fourth-order valence-corrected chi connectivity index (χ4v) is 2.57. The number of oxime groups is 1. The van der Waals surface area contributed by atoms with Gasteiger partial charge in [-0.25, -0.2) is 4.79 Å². The Morgan fingerprint density at radius 1 is 1.05 bits per heavy atom. The average Bonchev–Trinajstić information content (AvgIpc) is 2.78. The van der Waals surface area contributed by atoms with Crippen LogP contribution in [-0.2, 0) is 16.7 Å². The van der Waals surface area contributed by atoms with Crippen molar-refractivity contribution in [2.45, 2.75) is 13.8 Å². The molecule has 0 aliphatic carbocycles. The Morgan fingerprint density at radius 3 is 2.52 bits per heavy atom. The Balaban J connectivity index is 2.16. The van der Waals surface area contributed by atoms with E-state index in [1.807, 2.05) is 32.2 Å². The number of carbonyl (C=O) groups is 1. The summed E-state index contributed by atoms with van der Waals surface area (Å²) in [6.07, 6.45) is 0. The van der Waals surface area contributed by atoms with Gasteiger partial charge in [0, 0.05) is 41.3 Å². The van der Waals surface area contributed by atoms with Crippen molar-refractivity contribution >= 4 is 33.5 Å². The first-order valence-electron chi connectivity index (χ1n) is 6.77. The van der Waals surface area contributed by atoms with Crippen LogP contribution < -0.4 is 0 Å². The Labute approximate surface area is 122 Å². The zero-order chi connectivity index (χ0) is 15.0. The molecule has 1 heterocycles. The number of aromatic nitrogens is 1. The molecule has 21 heavy (non-hydrogen) atoms. The molecule has 0 saturated carbocycles. The third-order valence-corrected chi connectivity index (χ3v) is 3.64. The van der Waals surface area contributed by atoms with Crippen LogP contribution in [0.25, 0.3) is 21.8 Å². The van der Waals surface area contributed by atoms with Gasteiger partial charge in [-0.05, 0) is 19.1 Å². The molecule has 0 fully saturated rings. The van der Waals surface area contributed by atoms with E-state index >= 15 is 0 Å². The number of fused-ring (bicyclic) bond motifs is 3. The molecule has 3 aromatic rings. The molecule has 3 rings (SSSR count). The molecular weight excluding hydrogens is 264 g/mol. The number of benzene rings is 2. The lowest BCUT2D eigenvalue weighted by Crippen LogP contribution is -1.99. The maximum Gasteiger partial charge on any atom is 0.331 e. The van der Waals surface area contributed by atoms with Crippen LogP contribution in [0.15, 0.2) is 47.6 Å². The number of para-hydroxylation sites is 1. The predicted octanol–water partition coefficient (Wildman–Crippen LogP) is 3.62. The number of hydrogen-bond donors (Lipinski definition) is 0. The Kier molecular flexibility index (Phi) is 3.22. The Hall–Kier alpha value is -2.62. The van der Waals surface area contributed by atoms with Gasteiger partial charge in [-0.3, -0.25) is 0 Å². The van der Waals surface area contributed by atoms with Crippen LogP contribution in [0.4, 0.5) is 0 Å². The summed E-state index contributed by atoms with van der Waals surface area (Å²) < 4.78 is 2.16. The van der Waals surface area contributed by atoms with Gasteiger partial charge in [-0.15, -0.1) is 0 Å². The summed E-state index contributed by atoms with van der Waals surface area (Å²) in [7, 11) is 2.05. The minimum Gasteiger partial charge on any atom is -0.344 e. The zero-order valence-electron chi connectivity index (χ0n) is 12.3. The standard InChI is InChI=1S/C17H16N2O2/c1-11(18-21-12(2)20)13-8-9-15-14-6-4-5-7-16(14)19(3)17(15)10-13/h4-10H,1-3H3/b18-11-. The molecule has 2 aromatic carbocycles. The second kappa shape index (κ2) is 5.05. The zero-order valence-corrected chi connectivity index (χ0v) is 12.3. The van der Waals surface area contributed by atoms with E-state index in [1.165, 1.54) is 23.2 Å². The van der Waals surface area contributed by atoms with E-state index in [9.17, 15) is 4.79 Å². The van der Waals surface area contributed by atoms with Gasteiger partial charge in [-0.2, -0.15) is 0 Å². The summed E-state index contributed by atoms with van der Waals surface area (Å²) in [4.78, 5) is 15.5. The lowest BCUT2D eigenvalue weighted by molar-refractivity contribution is -0.140. The molecule has 106 valence electrons. The van der Waals surface area contributed by atoms with Crippen LogP contribution in [0.3, 0.4) is 0 Å². The van der Waals surface area contributed by atoms with E-state index in [1.54, 1.807) is 0 Å². The predicted molar refractivity (Wildman–Crippen MR) is 84.4 cm³/mol. The van der Waals surface area contributed by atoms with Gasteiger partial charge in [0.1, 0.15) is 0 Å². The monoisotopic (exact) mass is 280 g/mol. The molecule has 4 heteroatoms. The molecule has 0 radical (unpaired) electrons. The lowest BCUT2D eigenvalue weighted by atomic mass is 10.1.